The molecule has 7 heteroatoms. The fraction of sp³-hybridized carbons (Fsp3) is 0.625. The molecule has 2 heterocycles. The van der Waals surface area contributed by atoms with Crippen LogP contribution in [0.1, 0.15) is 13.8 Å². The highest BCUT2D eigenvalue weighted by atomic mass is 35.5. The number of ether oxygens (including phenoxy) is 2. The van der Waals surface area contributed by atoms with E-state index in [0.29, 0.717) is 18.2 Å². The highest BCUT2D eigenvalue weighted by molar-refractivity contribution is 6.30. The molecule has 0 saturated carbocycles. The lowest BCUT2D eigenvalue weighted by molar-refractivity contribution is -0.139. The topological polar surface area (TPSA) is 54.9 Å². The highest BCUT2D eigenvalue weighted by Crippen LogP contribution is 2.25. The Bertz CT molecular complexity index is 534. The first kappa shape index (κ1) is 18.0. The Hall–Kier alpha value is -1.37. The standard InChI is InChI=1S/C16H24ClN3O3/c1-16(2)11-20(14-6-5-12(17)7-18-14)8-13(23-16)9-22-10-15(21)19(3)4/h5-7,13H,8-11H2,1-4H3/t13-/m1/s1. The highest BCUT2D eigenvalue weighted by Gasteiger charge is 2.34. The fourth-order valence-corrected chi connectivity index (χ4v) is 2.63. The lowest BCUT2D eigenvalue weighted by Crippen LogP contribution is -2.54. The van der Waals surface area contributed by atoms with Crippen molar-refractivity contribution in [1.29, 1.82) is 0 Å². The number of pyridine rings is 1. The van der Waals surface area contributed by atoms with Crippen molar-refractivity contribution < 1.29 is 14.3 Å². The lowest BCUT2D eigenvalue weighted by Gasteiger charge is -2.43. The molecule has 128 valence electrons. The SMILES string of the molecule is CN(C)C(=O)COC[C@H]1CN(c2ccc(Cl)cn2)CC(C)(C)O1. The van der Waals surface area contributed by atoms with Crippen LogP contribution in [-0.2, 0) is 14.3 Å². The average Bonchev–Trinajstić information content (AvgIpc) is 2.46. The maximum Gasteiger partial charge on any atom is 0.248 e. The lowest BCUT2D eigenvalue weighted by atomic mass is 10.1. The Labute approximate surface area is 142 Å². The van der Waals surface area contributed by atoms with E-state index in [2.05, 4.69) is 9.88 Å². The first-order valence-electron chi connectivity index (χ1n) is 7.59. The monoisotopic (exact) mass is 341 g/mol. The number of nitrogens with zero attached hydrogens (tertiary/aromatic N) is 3. The van der Waals surface area contributed by atoms with E-state index in [1.54, 1.807) is 20.3 Å². The van der Waals surface area contributed by atoms with Crippen LogP contribution in [0.4, 0.5) is 5.82 Å². The zero-order valence-electron chi connectivity index (χ0n) is 14.1. The summed E-state index contributed by atoms with van der Waals surface area (Å²) in [6, 6.07) is 3.73. The van der Waals surface area contributed by atoms with E-state index < -0.39 is 0 Å². The molecule has 1 aromatic heterocycles. The number of morpholine rings is 1. The molecule has 1 fully saturated rings. The van der Waals surface area contributed by atoms with Gasteiger partial charge >= 0.3 is 0 Å². The summed E-state index contributed by atoms with van der Waals surface area (Å²) in [5.74, 6) is 0.802. The Morgan fingerprint density at radius 1 is 1.52 bits per heavy atom. The molecule has 0 spiro atoms. The smallest absolute Gasteiger partial charge is 0.248 e. The quantitative estimate of drug-likeness (QED) is 0.817. The molecule has 6 nitrogen and oxygen atoms in total. The van der Waals surface area contributed by atoms with E-state index in [9.17, 15) is 4.79 Å². The number of aromatic nitrogens is 1. The van der Waals surface area contributed by atoms with Crippen LogP contribution in [0.25, 0.3) is 0 Å². The van der Waals surface area contributed by atoms with Crippen molar-refractivity contribution in [1.82, 2.24) is 9.88 Å². The van der Waals surface area contributed by atoms with Gasteiger partial charge in [-0.15, -0.1) is 0 Å². The molecule has 1 amide bonds. The number of rotatable bonds is 5. The Balaban J connectivity index is 1.95. The number of halogens is 1. The van der Waals surface area contributed by atoms with Gasteiger partial charge in [-0.3, -0.25) is 4.79 Å². The van der Waals surface area contributed by atoms with Crippen LogP contribution in [0, 0.1) is 0 Å². The van der Waals surface area contributed by atoms with Crippen molar-refractivity contribution in [3.05, 3.63) is 23.4 Å². The minimum atomic E-state index is -0.320. The van der Waals surface area contributed by atoms with Crippen molar-refractivity contribution in [2.45, 2.75) is 25.6 Å². The van der Waals surface area contributed by atoms with E-state index >= 15 is 0 Å². The van der Waals surface area contributed by atoms with E-state index in [1.807, 2.05) is 26.0 Å². The van der Waals surface area contributed by atoms with E-state index in [-0.39, 0.29) is 24.2 Å². The molecule has 1 aliphatic heterocycles. The first-order valence-corrected chi connectivity index (χ1v) is 7.97. The summed E-state index contributed by atoms with van der Waals surface area (Å²) in [4.78, 5) is 19.6. The molecule has 1 saturated heterocycles. The number of hydrogen-bond donors (Lipinski definition) is 0. The number of amides is 1. The second kappa shape index (κ2) is 7.47. The summed E-state index contributed by atoms with van der Waals surface area (Å²) in [6.07, 6.45) is 1.52. The molecule has 0 radical (unpaired) electrons. The first-order chi connectivity index (χ1) is 10.8. The summed E-state index contributed by atoms with van der Waals surface area (Å²) in [6.45, 7) is 5.89. The van der Waals surface area contributed by atoms with Crippen LogP contribution in [-0.4, -0.2) is 67.9 Å². The zero-order chi connectivity index (χ0) is 17.0. The molecular formula is C16H24ClN3O3. The molecule has 23 heavy (non-hydrogen) atoms. The predicted octanol–water partition coefficient (Wildman–Crippen LogP) is 1.82. The van der Waals surface area contributed by atoms with Crippen molar-refractivity contribution in [2.24, 2.45) is 0 Å². The second-order valence-electron chi connectivity index (χ2n) is 6.52. The number of likely N-dealkylation sites (N-methyl/N-ethyl adjacent to an activating group) is 1. The molecule has 0 N–H and O–H groups in total. The average molecular weight is 342 g/mol. The third-order valence-electron chi connectivity index (χ3n) is 3.55. The Kier molecular flexibility index (Phi) is 5.84. The summed E-state index contributed by atoms with van der Waals surface area (Å²) in [7, 11) is 3.42. The van der Waals surface area contributed by atoms with Gasteiger partial charge in [0.05, 0.1) is 23.3 Å². The molecule has 0 bridgehead atoms. The van der Waals surface area contributed by atoms with Gasteiger partial charge in [-0.05, 0) is 26.0 Å². The summed E-state index contributed by atoms with van der Waals surface area (Å²) in [5, 5.41) is 0.614. The Morgan fingerprint density at radius 3 is 2.87 bits per heavy atom. The van der Waals surface area contributed by atoms with Gasteiger partial charge in [0, 0.05) is 33.4 Å². The van der Waals surface area contributed by atoms with E-state index in [0.717, 1.165) is 12.4 Å². The maximum absolute atomic E-state index is 11.6. The molecule has 0 aromatic carbocycles. The molecule has 1 atom stereocenters. The van der Waals surface area contributed by atoms with Gasteiger partial charge in [0.15, 0.2) is 0 Å². The van der Waals surface area contributed by atoms with Crippen LogP contribution in [0.15, 0.2) is 18.3 Å². The maximum atomic E-state index is 11.6. The minimum Gasteiger partial charge on any atom is -0.369 e. The van der Waals surface area contributed by atoms with Crippen LogP contribution < -0.4 is 4.90 Å². The summed E-state index contributed by atoms with van der Waals surface area (Å²) < 4.78 is 11.6. The number of carbonyl (C=O) groups is 1. The van der Waals surface area contributed by atoms with Crippen molar-refractivity contribution in [2.75, 3.05) is 45.3 Å². The van der Waals surface area contributed by atoms with Gasteiger partial charge in [0.25, 0.3) is 0 Å². The molecule has 1 aromatic rings. The van der Waals surface area contributed by atoms with Crippen LogP contribution in [0.5, 0.6) is 0 Å². The normalized spacial score (nSPS) is 20.4. The van der Waals surface area contributed by atoms with Gasteiger partial charge in [-0.1, -0.05) is 11.6 Å². The number of anilines is 1. The second-order valence-corrected chi connectivity index (χ2v) is 6.95. The van der Waals surface area contributed by atoms with Crippen molar-refractivity contribution in [3.8, 4) is 0 Å². The van der Waals surface area contributed by atoms with E-state index in [1.165, 1.54) is 4.90 Å². The minimum absolute atomic E-state index is 0.0590. The zero-order valence-corrected chi connectivity index (χ0v) is 14.8. The van der Waals surface area contributed by atoms with Gasteiger partial charge < -0.3 is 19.3 Å². The molecule has 0 aliphatic carbocycles. The summed E-state index contributed by atoms with van der Waals surface area (Å²) in [5.41, 5.74) is -0.320. The molecule has 2 rings (SSSR count). The van der Waals surface area contributed by atoms with Crippen LogP contribution in [0.3, 0.4) is 0 Å². The van der Waals surface area contributed by atoms with Crippen molar-refractivity contribution in [3.63, 3.8) is 0 Å². The third-order valence-corrected chi connectivity index (χ3v) is 3.77. The third kappa shape index (κ3) is 5.34. The Morgan fingerprint density at radius 2 is 2.26 bits per heavy atom. The van der Waals surface area contributed by atoms with Gasteiger partial charge in [-0.2, -0.15) is 0 Å². The number of hydrogen-bond acceptors (Lipinski definition) is 5. The van der Waals surface area contributed by atoms with Crippen LogP contribution in [0.2, 0.25) is 5.02 Å². The molecular weight excluding hydrogens is 318 g/mol. The van der Waals surface area contributed by atoms with E-state index in [4.69, 9.17) is 21.1 Å². The number of carbonyl (C=O) groups excluding carboxylic acids is 1. The summed E-state index contributed by atoms with van der Waals surface area (Å²) >= 11 is 5.90. The van der Waals surface area contributed by atoms with Gasteiger partial charge in [0.2, 0.25) is 5.91 Å². The largest absolute Gasteiger partial charge is 0.369 e. The van der Waals surface area contributed by atoms with Gasteiger partial charge in [-0.25, -0.2) is 4.98 Å². The van der Waals surface area contributed by atoms with Crippen molar-refractivity contribution >= 4 is 23.3 Å². The van der Waals surface area contributed by atoms with Gasteiger partial charge in [0.1, 0.15) is 12.4 Å². The molecule has 0 unspecified atom stereocenters. The fourth-order valence-electron chi connectivity index (χ4n) is 2.52. The molecule has 1 aliphatic rings. The predicted molar refractivity (Wildman–Crippen MR) is 89.9 cm³/mol. The van der Waals surface area contributed by atoms with Crippen LogP contribution >= 0.6 is 11.6 Å².